The molecule has 2 aromatic rings. The third-order valence-corrected chi connectivity index (χ3v) is 7.44. The average Bonchev–Trinajstić information content (AvgIpc) is 3.46. The first-order chi connectivity index (χ1) is 14.6. The van der Waals surface area contributed by atoms with Crippen LogP contribution < -0.4 is 19.9 Å². The molecule has 4 aliphatic rings. The Morgan fingerprint density at radius 3 is 2.77 bits per heavy atom. The van der Waals surface area contributed by atoms with E-state index in [-0.39, 0.29) is 23.8 Å². The van der Waals surface area contributed by atoms with Crippen molar-refractivity contribution < 1.29 is 24.0 Å². The number of benzene rings is 2. The summed E-state index contributed by atoms with van der Waals surface area (Å²) in [6.45, 7) is 0.791. The van der Waals surface area contributed by atoms with Gasteiger partial charge in [-0.05, 0) is 18.2 Å². The van der Waals surface area contributed by atoms with Crippen LogP contribution in [0.2, 0.25) is 0 Å². The van der Waals surface area contributed by atoms with Crippen molar-refractivity contribution in [2.45, 2.75) is 24.4 Å². The van der Waals surface area contributed by atoms with Crippen LogP contribution >= 0.6 is 0 Å². The fourth-order valence-electron chi connectivity index (χ4n) is 6.42. The van der Waals surface area contributed by atoms with Crippen molar-refractivity contribution in [2.75, 3.05) is 23.9 Å². The van der Waals surface area contributed by atoms with Crippen molar-refractivity contribution in [3.63, 3.8) is 0 Å². The van der Waals surface area contributed by atoms with Crippen molar-refractivity contribution in [2.24, 2.45) is 11.8 Å². The van der Waals surface area contributed by atoms with Crippen LogP contribution in [0.25, 0.3) is 0 Å². The summed E-state index contributed by atoms with van der Waals surface area (Å²) in [5.74, 6) is -1.24. The predicted molar refractivity (Wildman–Crippen MR) is 108 cm³/mol. The lowest BCUT2D eigenvalue weighted by Gasteiger charge is -2.33. The number of fused-ring (bicyclic) bond motifs is 7. The van der Waals surface area contributed by atoms with E-state index in [1.54, 1.807) is 31.4 Å². The molecule has 1 unspecified atom stereocenters. The number of carbonyl (C=O) groups is 3. The highest BCUT2D eigenvalue weighted by Gasteiger charge is 2.78. The third kappa shape index (κ3) is 1.91. The molecule has 4 heterocycles. The predicted octanol–water partition coefficient (Wildman–Crippen LogP) is 0.709. The van der Waals surface area contributed by atoms with Crippen LogP contribution in [-0.4, -0.2) is 37.4 Å². The number of nitrogens with one attached hydrogen (secondary N) is 2. The number of hydrogen-bond donors (Lipinski definition) is 2. The van der Waals surface area contributed by atoms with Crippen LogP contribution in [0.5, 0.6) is 5.75 Å². The van der Waals surface area contributed by atoms with E-state index >= 15 is 0 Å². The Hall–Kier alpha value is -3.19. The van der Waals surface area contributed by atoms with Gasteiger partial charge in [-0.2, -0.15) is 0 Å². The number of para-hydroxylation sites is 1. The lowest BCUT2D eigenvalue weighted by molar-refractivity contribution is -0.948. The number of imide groups is 1. The van der Waals surface area contributed by atoms with Crippen LogP contribution in [0.15, 0.2) is 48.5 Å². The van der Waals surface area contributed by atoms with Crippen LogP contribution in [-0.2, 0) is 19.9 Å². The molecule has 5 atom stereocenters. The molecule has 2 N–H and O–H groups in total. The quantitative estimate of drug-likeness (QED) is 0.723. The van der Waals surface area contributed by atoms with E-state index in [1.165, 1.54) is 4.90 Å². The van der Waals surface area contributed by atoms with Gasteiger partial charge in [0.05, 0.1) is 25.0 Å². The Kier molecular flexibility index (Phi) is 3.48. The highest BCUT2D eigenvalue weighted by atomic mass is 16.5. The van der Waals surface area contributed by atoms with Gasteiger partial charge in [-0.3, -0.25) is 14.4 Å². The first kappa shape index (κ1) is 17.7. The number of nitrogens with zero attached hydrogens (tertiary/aromatic N) is 1. The molecule has 30 heavy (non-hydrogen) atoms. The number of ether oxygens (including phenoxy) is 1. The van der Waals surface area contributed by atoms with E-state index in [1.807, 2.05) is 24.3 Å². The molecule has 6 rings (SSSR count). The van der Waals surface area contributed by atoms with E-state index in [4.69, 9.17) is 4.74 Å². The molecular formula is C23H22N3O4+. The molecule has 4 aliphatic heterocycles. The number of rotatable bonds is 2. The van der Waals surface area contributed by atoms with Gasteiger partial charge in [-0.25, -0.2) is 4.90 Å². The largest absolute Gasteiger partial charge is 0.497 e. The number of quaternary nitrogens is 1. The number of amides is 3. The van der Waals surface area contributed by atoms with E-state index in [0.717, 1.165) is 35.5 Å². The van der Waals surface area contributed by atoms with Gasteiger partial charge >= 0.3 is 0 Å². The van der Waals surface area contributed by atoms with Crippen LogP contribution in [0.4, 0.5) is 11.4 Å². The summed E-state index contributed by atoms with van der Waals surface area (Å²) in [7, 11) is 1.55. The van der Waals surface area contributed by atoms with E-state index in [0.29, 0.717) is 11.4 Å². The van der Waals surface area contributed by atoms with Gasteiger partial charge in [-0.1, -0.05) is 24.3 Å². The van der Waals surface area contributed by atoms with Crippen molar-refractivity contribution >= 4 is 29.1 Å². The Labute approximate surface area is 173 Å². The van der Waals surface area contributed by atoms with Gasteiger partial charge in [0.25, 0.3) is 5.91 Å². The summed E-state index contributed by atoms with van der Waals surface area (Å²) in [5, 5.41) is 3.00. The maximum Gasteiger partial charge on any atom is 0.291 e. The molecule has 0 aromatic heterocycles. The zero-order chi connectivity index (χ0) is 20.6. The van der Waals surface area contributed by atoms with Crippen molar-refractivity contribution in [1.82, 2.24) is 0 Å². The first-order valence-electron chi connectivity index (χ1n) is 10.4. The third-order valence-electron chi connectivity index (χ3n) is 7.44. The van der Waals surface area contributed by atoms with Crippen molar-refractivity contribution in [3.8, 4) is 5.75 Å². The van der Waals surface area contributed by atoms with Gasteiger partial charge in [0.2, 0.25) is 17.4 Å². The van der Waals surface area contributed by atoms with Crippen LogP contribution in [0, 0.1) is 11.8 Å². The first-order valence-corrected chi connectivity index (χ1v) is 10.4. The molecule has 7 nitrogen and oxygen atoms in total. The number of methoxy groups -OCH3 is 1. The highest BCUT2D eigenvalue weighted by molar-refractivity contribution is 6.25. The standard InChI is InChI=1S/C23H21N3O4/c1-30-14-7-4-6-13(12-14)26-20(27)18-17-10-5-11-25(17)23(19(18)21(26)28)15-8-2-3-9-16(15)24-22(23)29/h2-4,6-9,12,17-19H,5,10-11H2,1H3,(H,24,29)/p+1/t17-,18+,19+,23-/m1/s1. The van der Waals surface area contributed by atoms with Crippen molar-refractivity contribution in [3.05, 3.63) is 54.1 Å². The smallest absolute Gasteiger partial charge is 0.291 e. The van der Waals surface area contributed by atoms with Crippen molar-refractivity contribution in [1.29, 1.82) is 0 Å². The molecule has 3 amide bonds. The molecular weight excluding hydrogens is 382 g/mol. The fraction of sp³-hybridized carbons (Fsp3) is 0.348. The summed E-state index contributed by atoms with van der Waals surface area (Å²) in [6, 6.07) is 14.6. The average molecular weight is 404 g/mol. The Bertz CT molecular complexity index is 1120. The SMILES string of the molecule is COc1cccc(N2C(=O)[C@H]3[C@H]4CCC[NH+]4[C@@]4(C(=O)Nc5ccccc54)[C@@H]3C2=O)c1. The number of hydrogen-bond acceptors (Lipinski definition) is 4. The van der Waals surface area contributed by atoms with Gasteiger partial charge < -0.3 is 15.0 Å². The monoisotopic (exact) mass is 404 g/mol. The van der Waals surface area contributed by atoms with Gasteiger partial charge in [-0.15, -0.1) is 0 Å². The molecule has 0 saturated carbocycles. The maximum atomic E-state index is 13.8. The normalized spacial score (nSPS) is 33.6. The van der Waals surface area contributed by atoms with E-state index < -0.39 is 17.4 Å². The zero-order valence-electron chi connectivity index (χ0n) is 16.6. The molecule has 152 valence electrons. The Morgan fingerprint density at radius 1 is 1.10 bits per heavy atom. The minimum Gasteiger partial charge on any atom is -0.497 e. The Morgan fingerprint density at radius 2 is 1.93 bits per heavy atom. The lowest BCUT2D eigenvalue weighted by Crippen LogP contribution is -3.19. The van der Waals surface area contributed by atoms with Gasteiger partial charge in [0.15, 0.2) is 0 Å². The maximum absolute atomic E-state index is 13.8. The fourth-order valence-corrected chi connectivity index (χ4v) is 6.42. The molecule has 3 saturated heterocycles. The molecule has 3 fully saturated rings. The van der Waals surface area contributed by atoms with Crippen LogP contribution in [0.1, 0.15) is 18.4 Å². The second-order valence-electron chi connectivity index (χ2n) is 8.55. The molecule has 2 aromatic carbocycles. The van der Waals surface area contributed by atoms with Crippen LogP contribution in [0.3, 0.4) is 0 Å². The topological polar surface area (TPSA) is 80.2 Å². The number of carbonyl (C=O) groups excluding carboxylic acids is 3. The van der Waals surface area contributed by atoms with E-state index in [9.17, 15) is 14.4 Å². The molecule has 0 bridgehead atoms. The second-order valence-corrected chi connectivity index (χ2v) is 8.55. The van der Waals surface area contributed by atoms with E-state index in [2.05, 4.69) is 5.32 Å². The Balaban J connectivity index is 1.54. The summed E-state index contributed by atoms with van der Waals surface area (Å²) in [6.07, 6.45) is 1.79. The minimum absolute atomic E-state index is 0.0287. The highest BCUT2D eigenvalue weighted by Crippen LogP contribution is 2.52. The summed E-state index contributed by atoms with van der Waals surface area (Å²) >= 11 is 0. The summed E-state index contributed by atoms with van der Waals surface area (Å²) in [5.41, 5.74) is 1.06. The zero-order valence-corrected chi connectivity index (χ0v) is 16.6. The summed E-state index contributed by atoms with van der Waals surface area (Å²) in [4.78, 5) is 43.3. The molecule has 1 spiro atoms. The number of anilines is 2. The minimum atomic E-state index is -1.04. The van der Waals surface area contributed by atoms with Gasteiger partial charge in [0.1, 0.15) is 23.6 Å². The molecule has 7 heteroatoms. The summed E-state index contributed by atoms with van der Waals surface area (Å²) < 4.78 is 5.29. The molecule has 0 radical (unpaired) electrons. The van der Waals surface area contributed by atoms with Gasteiger partial charge in [0, 0.05) is 24.5 Å². The lowest BCUT2D eigenvalue weighted by atomic mass is 9.75. The molecule has 0 aliphatic carbocycles. The second kappa shape index (κ2) is 5.92.